The third-order valence-electron chi connectivity index (χ3n) is 2.66. The number of sulfonamides is 1. The molecule has 0 spiro atoms. The third kappa shape index (κ3) is 3.28. The molecule has 0 radical (unpaired) electrons. The van der Waals surface area contributed by atoms with Crippen molar-refractivity contribution in [2.75, 3.05) is 11.1 Å². The van der Waals surface area contributed by atoms with E-state index in [1.165, 1.54) is 30.3 Å². The molecule has 6 nitrogen and oxygen atoms in total. The summed E-state index contributed by atoms with van der Waals surface area (Å²) in [6.45, 7) is 0. The highest BCUT2D eigenvalue weighted by molar-refractivity contribution is 7.89. The van der Waals surface area contributed by atoms with Gasteiger partial charge in [-0.1, -0.05) is 6.07 Å². The Kier molecular flexibility index (Phi) is 3.80. The lowest BCUT2D eigenvalue weighted by atomic mass is 10.1. The fourth-order valence-corrected chi connectivity index (χ4v) is 2.35. The van der Waals surface area contributed by atoms with Gasteiger partial charge >= 0.3 is 0 Å². The standard InChI is InChI=1S/C13H11FN4O2S/c14-12-2-1-3-13(11(12)7-15)18-9-4-8(16)5-10(6-9)21(17,19)20/h1-6,18H,16H2,(H2,17,19,20). The summed E-state index contributed by atoms with van der Waals surface area (Å²) in [6.07, 6.45) is 0. The number of hydrogen-bond acceptors (Lipinski definition) is 5. The van der Waals surface area contributed by atoms with Gasteiger partial charge in [-0.15, -0.1) is 0 Å². The van der Waals surface area contributed by atoms with Crippen molar-refractivity contribution >= 4 is 27.1 Å². The number of halogens is 1. The highest BCUT2D eigenvalue weighted by atomic mass is 32.2. The Hall–Kier alpha value is -2.63. The van der Waals surface area contributed by atoms with E-state index < -0.39 is 15.8 Å². The molecule has 0 aliphatic heterocycles. The molecule has 0 saturated heterocycles. The van der Waals surface area contributed by atoms with Crippen molar-refractivity contribution in [3.8, 4) is 6.07 Å². The molecule has 8 heteroatoms. The van der Waals surface area contributed by atoms with Crippen LogP contribution in [0, 0.1) is 17.1 Å². The number of anilines is 3. The monoisotopic (exact) mass is 306 g/mol. The lowest BCUT2D eigenvalue weighted by Gasteiger charge is -2.11. The Balaban J connectivity index is 2.49. The van der Waals surface area contributed by atoms with Crippen molar-refractivity contribution in [3.05, 3.63) is 47.8 Å². The molecule has 5 N–H and O–H groups in total. The lowest BCUT2D eigenvalue weighted by Crippen LogP contribution is -2.13. The van der Waals surface area contributed by atoms with Crippen molar-refractivity contribution in [1.29, 1.82) is 5.26 Å². The van der Waals surface area contributed by atoms with Gasteiger partial charge in [0.1, 0.15) is 17.4 Å². The molecule has 0 saturated carbocycles. The van der Waals surface area contributed by atoms with Crippen LogP contribution < -0.4 is 16.2 Å². The molecule has 0 amide bonds. The molecular weight excluding hydrogens is 295 g/mol. The quantitative estimate of drug-likeness (QED) is 0.744. The average molecular weight is 306 g/mol. The number of nitrogen functional groups attached to an aromatic ring is 1. The fraction of sp³-hybridized carbons (Fsp3) is 0. The SMILES string of the molecule is N#Cc1c(F)cccc1Nc1cc(N)cc(S(N)(=O)=O)c1. The number of hydrogen-bond donors (Lipinski definition) is 3. The lowest BCUT2D eigenvalue weighted by molar-refractivity contribution is 0.598. The summed E-state index contributed by atoms with van der Waals surface area (Å²) in [7, 11) is -3.92. The predicted molar refractivity (Wildman–Crippen MR) is 76.6 cm³/mol. The van der Waals surface area contributed by atoms with Crippen LogP contribution in [0.1, 0.15) is 5.56 Å². The highest BCUT2D eigenvalue weighted by Crippen LogP contribution is 2.26. The molecule has 0 unspecified atom stereocenters. The predicted octanol–water partition coefficient (Wildman–Crippen LogP) is 1.67. The van der Waals surface area contributed by atoms with Crippen LogP contribution in [0.4, 0.5) is 21.5 Å². The van der Waals surface area contributed by atoms with Gasteiger partial charge in [-0.3, -0.25) is 0 Å². The number of nitrogens with zero attached hydrogens (tertiary/aromatic N) is 1. The van der Waals surface area contributed by atoms with Crippen LogP contribution in [0.25, 0.3) is 0 Å². The zero-order chi connectivity index (χ0) is 15.6. The first-order valence-corrected chi connectivity index (χ1v) is 7.25. The van der Waals surface area contributed by atoms with E-state index in [-0.39, 0.29) is 27.5 Å². The summed E-state index contributed by atoms with van der Waals surface area (Å²) in [5.41, 5.74) is 6.07. The van der Waals surface area contributed by atoms with Crippen LogP contribution in [0.2, 0.25) is 0 Å². The number of nitrogens with two attached hydrogens (primary N) is 2. The van der Waals surface area contributed by atoms with Crippen LogP contribution in [0.3, 0.4) is 0 Å². The van der Waals surface area contributed by atoms with Gasteiger partial charge in [0.2, 0.25) is 10.0 Å². The molecular formula is C13H11FN4O2S. The first kappa shape index (κ1) is 14.8. The number of rotatable bonds is 3. The van der Waals surface area contributed by atoms with Crippen LogP contribution in [-0.4, -0.2) is 8.42 Å². The number of nitriles is 1. The molecule has 2 aromatic rings. The van der Waals surface area contributed by atoms with Crippen molar-refractivity contribution in [1.82, 2.24) is 0 Å². The van der Waals surface area contributed by atoms with E-state index in [9.17, 15) is 12.8 Å². The van der Waals surface area contributed by atoms with Crippen LogP contribution >= 0.6 is 0 Å². The maximum atomic E-state index is 13.5. The summed E-state index contributed by atoms with van der Waals surface area (Å²) in [6, 6.07) is 9.69. The van der Waals surface area contributed by atoms with Crippen molar-refractivity contribution < 1.29 is 12.8 Å². The minimum atomic E-state index is -3.92. The summed E-state index contributed by atoms with van der Waals surface area (Å²) in [5.74, 6) is -0.682. The van der Waals surface area contributed by atoms with Gasteiger partial charge in [-0.2, -0.15) is 5.26 Å². The molecule has 0 atom stereocenters. The highest BCUT2D eigenvalue weighted by Gasteiger charge is 2.12. The van der Waals surface area contributed by atoms with E-state index >= 15 is 0 Å². The summed E-state index contributed by atoms with van der Waals surface area (Å²) >= 11 is 0. The molecule has 0 aliphatic carbocycles. The summed E-state index contributed by atoms with van der Waals surface area (Å²) in [5, 5.41) is 16.7. The van der Waals surface area contributed by atoms with E-state index in [0.29, 0.717) is 0 Å². The molecule has 21 heavy (non-hydrogen) atoms. The van der Waals surface area contributed by atoms with Crippen LogP contribution in [0.5, 0.6) is 0 Å². The van der Waals surface area contributed by atoms with Gasteiger partial charge < -0.3 is 11.1 Å². The molecule has 108 valence electrons. The van der Waals surface area contributed by atoms with Gasteiger partial charge in [0.25, 0.3) is 0 Å². The van der Waals surface area contributed by atoms with Gasteiger partial charge in [-0.05, 0) is 30.3 Å². The van der Waals surface area contributed by atoms with Gasteiger partial charge in [0, 0.05) is 11.4 Å². The fourth-order valence-electron chi connectivity index (χ4n) is 1.76. The maximum absolute atomic E-state index is 13.5. The van der Waals surface area contributed by atoms with E-state index in [4.69, 9.17) is 16.1 Å². The smallest absolute Gasteiger partial charge is 0.238 e. The van der Waals surface area contributed by atoms with Crippen molar-refractivity contribution in [3.63, 3.8) is 0 Å². The second kappa shape index (κ2) is 5.40. The van der Waals surface area contributed by atoms with Crippen molar-refractivity contribution in [2.45, 2.75) is 4.90 Å². The molecule has 0 aliphatic rings. The van der Waals surface area contributed by atoms with Gasteiger partial charge in [0.05, 0.1) is 10.6 Å². The normalized spacial score (nSPS) is 10.9. The molecule has 0 aromatic heterocycles. The van der Waals surface area contributed by atoms with E-state index in [2.05, 4.69) is 5.32 Å². The Morgan fingerprint density at radius 2 is 1.95 bits per heavy atom. The van der Waals surface area contributed by atoms with Crippen molar-refractivity contribution in [2.24, 2.45) is 5.14 Å². The Morgan fingerprint density at radius 3 is 2.57 bits per heavy atom. The van der Waals surface area contributed by atoms with Gasteiger partial charge in [0.15, 0.2) is 0 Å². The number of nitrogens with one attached hydrogen (secondary N) is 1. The molecule has 2 aromatic carbocycles. The summed E-state index contributed by atoms with van der Waals surface area (Å²) < 4.78 is 36.2. The van der Waals surface area contributed by atoms with Crippen LogP contribution in [0.15, 0.2) is 41.3 Å². The largest absolute Gasteiger partial charge is 0.399 e. The molecule has 0 fully saturated rings. The second-order valence-corrected chi connectivity index (χ2v) is 5.80. The van der Waals surface area contributed by atoms with E-state index in [0.717, 1.165) is 6.07 Å². The Morgan fingerprint density at radius 1 is 1.24 bits per heavy atom. The zero-order valence-corrected chi connectivity index (χ0v) is 11.5. The first-order valence-electron chi connectivity index (χ1n) is 5.70. The topological polar surface area (TPSA) is 122 Å². The minimum Gasteiger partial charge on any atom is -0.399 e. The molecule has 2 rings (SSSR count). The first-order chi connectivity index (χ1) is 9.81. The van der Waals surface area contributed by atoms with Crippen LogP contribution in [-0.2, 0) is 10.0 Å². The molecule has 0 bridgehead atoms. The maximum Gasteiger partial charge on any atom is 0.238 e. The Bertz CT molecular complexity index is 844. The number of primary sulfonamides is 1. The number of benzene rings is 2. The van der Waals surface area contributed by atoms with E-state index in [1.54, 1.807) is 6.07 Å². The zero-order valence-electron chi connectivity index (χ0n) is 10.7. The Labute approximate surface area is 120 Å². The van der Waals surface area contributed by atoms with E-state index in [1.807, 2.05) is 0 Å². The second-order valence-electron chi connectivity index (χ2n) is 4.23. The average Bonchev–Trinajstić information content (AvgIpc) is 2.37. The van der Waals surface area contributed by atoms with Gasteiger partial charge in [-0.25, -0.2) is 17.9 Å². The molecule has 0 heterocycles. The third-order valence-corrected chi connectivity index (χ3v) is 3.55. The summed E-state index contributed by atoms with van der Waals surface area (Å²) in [4.78, 5) is -0.181. The minimum absolute atomic E-state index is 0.166.